The van der Waals surface area contributed by atoms with Gasteiger partial charge in [0.2, 0.25) is 0 Å². The molecule has 0 aliphatic carbocycles. The van der Waals surface area contributed by atoms with E-state index in [1.54, 1.807) is 0 Å². The summed E-state index contributed by atoms with van der Waals surface area (Å²) in [6.45, 7) is 4.08. The molecule has 0 amide bonds. The third-order valence-corrected chi connectivity index (χ3v) is 3.63. The lowest BCUT2D eigenvalue weighted by molar-refractivity contribution is 0.776. The first kappa shape index (κ1) is 10.8. The summed E-state index contributed by atoms with van der Waals surface area (Å²) < 4.78 is 1.35. The van der Waals surface area contributed by atoms with Gasteiger partial charge in [-0.15, -0.1) is 11.3 Å². The van der Waals surface area contributed by atoms with Crippen molar-refractivity contribution in [3.63, 3.8) is 0 Å². The molecule has 2 aromatic rings. The van der Waals surface area contributed by atoms with Crippen LogP contribution in [0.25, 0.3) is 10.2 Å². The molecule has 0 saturated heterocycles. The van der Waals surface area contributed by atoms with E-state index >= 15 is 0 Å². The van der Waals surface area contributed by atoms with Gasteiger partial charge in [0.05, 0.1) is 11.5 Å². The molecule has 0 saturated carbocycles. The Morgan fingerprint density at radius 3 is 3.00 bits per heavy atom. The molecule has 2 heterocycles. The Bertz CT molecular complexity index is 633. The first-order valence-electron chi connectivity index (χ1n) is 5.03. The minimum absolute atomic E-state index is 0.0554. The lowest BCUT2D eigenvalue weighted by Gasteiger charge is -2.00. The van der Waals surface area contributed by atoms with Gasteiger partial charge in [-0.05, 0) is 18.9 Å². The Kier molecular flexibility index (Phi) is 2.75. The van der Waals surface area contributed by atoms with Gasteiger partial charge >= 0.3 is 0 Å². The fraction of sp³-hybridized carbons (Fsp3) is 0.364. The molecule has 82 valence electrons. The number of rotatable bonds is 2. The quantitative estimate of drug-likeness (QED) is 0.795. The first-order chi connectivity index (χ1) is 7.69. The number of hydrogen-bond donors (Lipinski definition) is 0. The summed E-state index contributed by atoms with van der Waals surface area (Å²) in [4.78, 5) is 18.2. The van der Waals surface area contributed by atoms with Crippen LogP contribution in [0, 0.1) is 18.3 Å². The van der Waals surface area contributed by atoms with Gasteiger partial charge in [0.1, 0.15) is 17.7 Å². The summed E-state index contributed by atoms with van der Waals surface area (Å²) >= 11 is 1.54. The summed E-state index contributed by atoms with van der Waals surface area (Å²) in [5.41, 5.74) is 0.956. The maximum absolute atomic E-state index is 12.1. The molecule has 0 radical (unpaired) electrons. The second-order valence-corrected chi connectivity index (χ2v) is 4.71. The number of nitrogens with zero attached hydrogens (tertiary/aromatic N) is 3. The molecular formula is C11H11N3OS. The Balaban J connectivity index is 2.82. The SMILES string of the molecule is CCc1c(C)sc2ncn(CC#N)c(=O)c12. The number of hydrogen-bond acceptors (Lipinski definition) is 4. The molecule has 0 aromatic carbocycles. The molecule has 0 aliphatic heterocycles. The van der Waals surface area contributed by atoms with Crippen LogP contribution in [0.4, 0.5) is 0 Å². The largest absolute Gasteiger partial charge is 0.285 e. The molecule has 2 rings (SSSR count). The van der Waals surface area contributed by atoms with Crippen molar-refractivity contribution in [2.75, 3.05) is 0 Å². The summed E-state index contributed by atoms with van der Waals surface area (Å²) in [6, 6.07) is 1.96. The second-order valence-electron chi connectivity index (χ2n) is 3.51. The van der Waals surface area contributed by atoms with E-state index in [-0.39, 0.29) is 12.1 Å². The summed E-state index contributed by atoms with van der Waals surface area (Å²) in [5.74, 6) is 0. The highest BCUT2D eigenvalue weighted by atomic mass is 32.1. The lowest BCUT2D eigenvalue weighted by Crippen LogP contribution is -2.20. The summed E-state index contributed by atoms with van der Waals surface area (Å²) in [6.07, 6.45) is 2.27. The summed E-state index contributed by atoms with van der Waals surface area (Å²) in [5, 5.41) is 9.30. The van der Waals surface area contributed by atoms with Crippen molar-refractivity contribution in [1.29, 1.82) is 5.26 Å². The van der Waals surface area contributed by atoms with E-state index < -0.39 is 0 Å². The first-order valence-corrected chi connectivity index (χ1v) is 5.85. The van der Waals surface area contributed by atoms with Crippen molar-refractivity contribution in [3.05, 3.63) is 27.1 Å². The third kappa shape index (κ3) is 1.51. The van der Waals surface area contributed by atoms with Crippen LogP contribution in [-0.4, -0.2) is 9.55 Å². The Labute approximate surface area is 96.8 Å². The molecule has 5 heteroatoms. The Hall–Kier alpha value is -1.67. The monoisotopic (exact) mass is 233 g/mol. The van der Waals surface area contributed by atoms with E-state index in [4.69, 9.17) is 5.26 Å². The van der Waals surface area contributed by atoms with E-state index in [9.17, 15) is 4.79 Å². The van der Waals surface area contributed by atoms with E-state index in [0.29, 0.717) is 5.39 Å². The maximum atomic E-state index is 12.1. The van der Waals surface area contributed by atoms with Gasteiger partial charge < -0.3 is 0 Å². The van der Waals surface area contributed by atoms with Crippen molar-refractivity contribution in [1.82, 2.24) is 9.55 Å². The zero-order valence-electron chi connectivity index (χ0n) is 9.15. The minimum atomic E-state index is -0.104. The van der Waals surface area contributed by atoms with Crippen LogP contribution in [0.15, 0.2) is 11.1 Å². The molecule has 4 nitrogen and oxygen atoms in total. The number of aryl methyl sites for hydroxylation is 2. The van der Waals surface area contributed by atoms with Crippen LogP contribution < -0.4 is 5.56 Å². The van der Waals surface area contributed by atoms with Crippen LogP contribution in [0.1, 0.15) is 17.4 Å². The highest BCUT2D eigenvalue weighted by Crippen LogP contribution is 2.26. The maximum Gasteiger partial charge on any atom is 0.263 e. The predicted octanol–water partition coefficient (Wildman–Crippen LogP) is 1.85. The topological polar surface area (TPSA) is 58.7 Å². The Morgan fingerprint density at radius 2 is 2.38 bits per heavy atom. The van der Waals surface area contributed by atoms with Crippen LogP contribution in [0.3, 0.4) is 0 Å². The lowest BCUT2D eigenvalue weighted by atomic mass is 10.1. The van der Waals surface area contributed by atoms with E-state index in [1.165, 1.54) is 22.2 Å². The van der Waals surface area contributed by atoms with Gasteiger partial charge in [0.15, 0.2) is 0 Å². The molecule has 0 spiro atoms. The molecular weight excluding hydrogens is 222 g/mol. The van der Waals surface area contributed by atoms with Crippen LogP contribution in [0.2, 0.25) is 0 Å². The molecule has 0 aliphatic rings. The van der Waals surface area contributed by atoms with Crippen LogP contribution in [0.5, 0.6) is 0 Å². The minimum Gasteiger partial charge on any atom is -0.285 e. The van der Waals surface area contributed by atoms with Gasteiger partial charge in [-0.1, -0.05) is 6.92 Å². The highest BCUT2D eigenvalue weighted by Gasteiger charge is 2.13. The third-order valence-electron chi connectivity index (χ3n) is 2.57. The number of nitriles is 1. The average molecular weight is 233 g/mol. The van der Waals surface area contributed by atoms with Crippen molar-refractivity contribution >= 4 is 21.6 Å². The second kappa shape index (κ2) is 4.06. The number of fused-ring (bicyclic) bond motifs is 1. The van der Waals surface area contributed by atoms with Gasteiger partial charge in [0.25, 0.3) is 5.56 Å². The van der Waals surface area contributed by atoms with Gasteiger partial charge in [-0.2, -0.15) is 5.26 Å². The Morgan fingerprint density at radius 1 is 1.62 bits per heavy atom. The average Bonchev–Trinajstić information content (AvgIpc) is 2.59. The standard InChI is InChI=1S/C11H11N3OS/c1-3-8-7(2)16-10-9(8)11(15)14(5-4-12)6-13-10/h6H,3,5H2,1-2H3. The molecule has 0 unspecified atom stereocenters. The summed E-state index contributed by atoms with van der Waals surface area (Å²) in [7, 11) is 0. The zero-order chi connectivity index (χ0) is 11.7. The van der Waals surface area contributed by atoms with Gasteiger partial charge in [0, 0.05) is 4.88 Å². The van der Waals surface area contributed by atoms with Crippen molar-refractivity contribution in [3.8, 4) is 6.07 Å². The molecule has 0 N–H and O–H groups in total. The van der Waals surface area contributed by atoms with Crippen LogP contribution in [-0.2, 0) is 13.0 Å². The van der Waals surface area contributed by atoms with Crippen molar-refractivity contribution in [2.24, 2.45) is 0 Å². The normalized spacial score (nSPS) is 10.6. The molecule has 0 bridgehead atoms. The van der Waals surface area contributed by atoms with Crippen molar-refractivity contribution < 1.29 is 0 Å². The fourth-order valence-corrected chi connectivity index (χ4v) is 2.88. The molecule has 0 fully saturated rings. The molecule has 0 atom stereocenters. The molecule has 16 heavy (non-hydrogen) atoms. The highest BCUT2D eigenvalue weighted by molar-refractivity contribution is 7.18. The van der Waals surface area contributed by atoms with Crippen LogP contribution >= 0.6 is 11.3 Å². The number of thiophene rings is 1. The smallest absolute Gasteiger partial charge is 0.263 e. The molecule has 2 aromatic heterocycles. The van der Waals surface area contributed by atoms with Gasteiger partial charge in [-0.3, -0.25) is 9.36 Å². The van der Waals surface area contributed by atoms with Gasteiger partial charge in [-0.25, -0.2) is 4.98 Å². The zero-order valence-corrected chi connectivity index (χ0v) is 9.97. The van der Waals surface area contributed by atoms with Crippen molar-refractivity contribution in [2.45, 2.75) is 26.8 Å². The fourth-order valence-electron chi connectivity index (χ4n) is 1.81. The van der Waals surface area contributed by atoms with E-state index in [2.05, 4.69) is 4.98 Å². The number of aromatic nitrogens is 2. The van der Waals surface area contributed by atoms with E-state index in [0.717, 1.165) is 21.7 Å². The van der Waals surface area contributed by atoms with E-state index in [1.807, 2.05) is 19.9 Å². The predicted molar refractivity (Wildman–Crippen MR) is 63.6 cm³/mol.